The Morgan fingerprint density at radius 1 is 1.47 bits per heavy atom. The first-order chi connectivity index (χ1) is 9.17. The van der Waals surface area contributed by atoms with Crippen LogP contribution in [-0.2, 0) is 0 Å². The van der Waals surface area contributed by atoms with Crippen LogP contribution in [-0.4, -0.2) is 35.0 Å². The summed E-state index contributed by atoms with van der Waals surface area (Å²) in [5.41, 5.74) is 7.86. The zero-order valence-electron chi connectivity index (χ0n) is 12.3. The fourth-order valence-electron chi connectivity index (χ4n) is 2.78. The Balaban J connectivity index is 2.20. The number of thiophene rings is 1. The standard InChI is InChI=1S/C15H26N2S2/c1-4-12-10-17(7-9-18-12)14(13(16)5-2)15-11(3)6-8-19-15/h6,8,12-14H,4-5,7,9-10,16H2,1-3H3. The number of nitrogens with two attached hydrogens (primary N) is 1. The van der Waals surface area contributed by atoms with Gasteiger partial charge in [0, 0.05) is 35.0 Å². The summed E-state index contributed by atoms with van der Waals surface area (Å²) in [6.07, 6.45) is 2.31. The van der Waals surface area contributed by atoms with E-state index in [0.717, 1.165) is 11.7 Å². The number of thioether (sulfide) groups is 1. The molecule has 2 nitrogen and oxygen atoms in total. The third-order valence-electron chi connectivity index (χ3n) is 4.07. The predicted molar refractivity (Wildman–Crippen MR) is 88.2 cm³/mol. The molecule has 19 heavy (non-hydrogen) atoms. The SMILES string of the molecule is CCC1CN(C(c2sccc2C)C(N)CC)CCS1. The van der Waals surface area contributed by atoms with E-state index in [2.05, 4.69) is 48.9 Å². The van der Waals surface area contributed by atoms with Gasteiger partial charge in [-0.05, 0) is 36.8 Å². The largest absolute Gasteiger partial charge is 0.326 e. The van der Waals surface area contributed by atoms with Crippen molar-refractivity contribution < 1.29 is 0 Å². The van der Waals surface area contributed by atoms with Crippen LogP contribution < -0.4 is 5.73 Å². The summed E-state index contributed by atoms with van der Waals surface area (Å²) < 4.78 is 0. The lowest BCUT2D eigenvalue weighted by molar-refractivity contribution is 0.176. The highest BCUT2D eigenvalue weighted by molar-refractivity contribution is 8.00. The number of aryl methyl sites for hydroxylation is 1. The molecular formula is C15H26N2S2. The van der Waals surface area contributed by atoms with Gasteiger partial charge in [-0.3, -0.25) is 4.90 Å². The molecule has 0 aromatic carbocycles. The minimum Gasteiger partial charge on any atom is -0.326 e. The summed E-state index contributed by atoms with van der Waals surface area (Å²) in [6, 6.07) is 2.89. The van der Waals surface area contributed by atoms with Crippen LogP contribution in [0.1, 0.15) is 43.2 Å². The normalized spacial score (nSPS) is 24.3. The quantitative estimate of drug-likeness (QED) is 0.899. The van der Waals surface area contributed by atoms with Crippen LogP contribution in [0.15, 0.2) is 11.4 Å². The first-order valence-electron chi connectivity index (χ1n) is 7.32. The van der Waals surface area contributed by atoms with Crippen molar-refractivity contribution >= 4 is 23.1 Å². The van der Waals surface area contributed by atoms with E-state index < -0.39 is 0 Å². The summed E-state index contributed by atoms with van der Waals surface area (Å²) >= 11 is 4.00. The molecule has 1 aromatic heterocycles. The maximum absolute atomic E-state index is 6.45. The van der Waals surface area contributed by atoms with Crippen LogP contribution in [0.4, 0.5) is 0 Å². The van der Waals surface area contributed by atoms with Crippen LogP contribution in [0.25, 0.3) is 0 Å². The molecule has 1 aliphatic rings. The van der Waals surface area contributed by atoms with Gasteiger partial charge in [0.25, 0.3) is 0 Å². The van der Waals surface area contributed by atoms with Crippen molar-refractivity contribution in [2.75, 3.05) is 18.8 Å². The van der Waals surface area contributed by atoms with Gasteiger partial charge in [-0.15, -0.1) is 11.3 Å². The number of hydrogen-bond donors (Lipinski definition) is 1. The van der Waals surface area contributed by atoms with Crippen LogP contribution in [0, 0.1) is 6.92 Å². The van der Waals surface area contributed by atoms with Crippen molar-refractivity contribution in [3.8, 4) is 0 Å². The lowest BCUT2D eigenvalue weighted by Gasteiger charge is -2.40. The molecule has 1 fully saturated rings. The summed E-state index contributed by atoms with van der Waals surface area (Å²) in [5, 5.41) is 2.98. The lowest BCUT2D eigenvalue weighted by atomic mass is 10.00. The van der Waals surface area contributed by atoms with Gasteiger partial charge in [0.1, 0.15) is 0 Å². The molecule has 0 saturated carbocycles. The van der Waals surface area contributed by atoms with E-state index in [1.165, 1.54) is 35.7 Å². The maximum Gasteiger partial charge on any atom is 0.0596 e. The molecule has 0 radical (unpaired) electrons. The Morgan fingerprint density at radius 3 is 2.84 bits per heavy atom. The molecule has 2 N–H and O–H groups in total. The van der Waals surface area contributed by atoms with E-state index in [1.54, 1.807) is 0 Å². The van der Waals surface area contributed by atoms with Crippen LogP contribution in [0.3, 0.4) is 0 Å². The third-order valence-corrected chi connectivity index (χ3v) is 6.53. The van der Waals surface area contributed by atoms with Crippen LogP contribution in [0.5, 0.6) is 0 Å². The Bertz CT molecular complexity index is 391. The topological polar surface area (TPSA) is 29.3 Å². The summed E-state index contributed by atoms with van der Waals surface area (Å²) in [5.74, 6) is 1.25. The van der Waals surface area contributed by atoms with Crippen molar-refractivity contribution in [3.05, 3.63) is 21.9 Å². The van der Waals surface area contributed by atoms with Gasteiger partial charge >= 0.3 is 0 Å². The van der Waals surface area contributed by atoms with Gasteiger partial charge in [-0.1, -0.05) is 13.8 Å². The first kappa shape index (κ1) is 15.4. The minimum atomic E-state index is 0.248. The lowest BCUT2D eigenvalue weighted by Crippen LogP contribution is -2.46. The van der Waals surface area contributed by atoms with E-state index in [0.29, 0.717) is 6.04 Å². The highest BCUT2D eigenvalue weighted by Gasteiger charge is 2.31. The molecule has 2 heterocycles. The van der Waals surface area contributed by atoms with Gasteiger partial charge in [0.2, 0.25) is 0 Å². The molecule has 1 aromatic rings. The molecule has 0 amide bonds. The van der Waals surface area contributed by atoms with Gasteiger partial charge in [-0.25, -0.2) is 0 Å². The molecule has 1 saturated heterocycles. The monoisotopic (exact) mass is 298 g/mol. The molecule has 1 aliphatic heterocycles. The number of rotatable bonds is 5. The van der Waals surface area contributed by atoms with E-state index in [-0.39, 0.29) is 6.04 Å². The molecule has 0 aliphatic carbocycles. The van der Waals surface area contributed by atoms with Crippen molar-refractivity contribution in [1.82, 2.24) is 4.90 Å². The summed E-state index contributed by atoms with van der Waals surface area (Å²) in [6.45, 7) is 9.09. The van der Waals surface area contributed by atoms with Crippen LogP contribution in [0.2, 0.25) is 0 Å². The van der Waals surface area contributed by atoms with Crippen molar-refractivity contribution in [2.45, 2.75) is 50.9 Å². The van der Waals surface area contributed by atoms with Gasteiger partial charge in [-0.2, -0.15) is 11.8 Å². The summed E-state index contributed by atoms with van der Waals surface area (Å²) in [4.78, 5) is 4.12. The minimum absolute atomic E-state index is 0.248. The third kappa shape index (κ3) is 3.54. The first-order valence-corrected chi connectivity index (χ1v) is 9.25. The maximum atomic E-state index is 6.45. The Labute approximate surface area is 125 Å². The zero-order chi connectivity index (χ0) is 13.8. The van der Waals surface area contributed by atoms with E-state index in [1.807, 2.05) is 11.3 Å². The van der Waals surface area contributed by atoms with Crippen molar-refractivity contribution in [3.63, 3.8) is 0 Å². The molecule has 108 valence electrons. The number of hydrogen-bond acceptors (Lipinski definition) is 4. The second-order valence-corrected chi connectivity index (χ2v) is 7.74. The summed E-state index contributed by atoms with van der Waals surface area (Å²) in [7, 11) is 0. The van der Waals surface area contributed by atoms with Crippen molar-refractivity contribution in [2.24, 2.45) is 5.73 Å². The molecule has 0 bridgehead atoms. The van der Waals surface area contributed by atoms with E-state index in [9.17, 15) is 0 Å². The molecule has 3 atom stereocenters. The zero-order valence-corrected chi connectivity index (χ0v) is 13.9. The smallest absolute Gasteiger partial charge is 0.0596 e. The van der Waals surface area contributed by atoms with E-state index in [4.69, 9.17) is 5.73 Å². The fraction of sp³-hybridized carbons (Fsp3) is 0.733. The second kappa shape index (κ2) is 7.11. The second-order valence-electron chi connectivity index (χ2n) is 5.38. The number of nitrogens with zero attached hydrogens (tertiary/aromatic N) is 1. The van der Waals surface area contributed by atoms with Crippen LogP contribution >= 0.6 is 23.1 Å². The average molecular weight is 299 g/mol. The Morgan fingerprint density at radius 2 is 2.26 bits per heavy atom. The molecular weight excluding hydrogens is 272 g/mol. The molecule has 3 unspecified atom stereocenters. The predicted octanol–water partition coefficient (Wildman–Crippen LogP) is 3.66. The van der Waals surface area contributed by atoms with Crippen molar-refractivity contribution in [1.29, 1.82) is 0 Å². The highest BCUT2D eigenvalue weighted by atomic mass is 32.2. The Kier molecular flexibility index (Phi) is 5.75. The average Bonchev–Trinajstić information content (AvgIpc) is 2.85. The van der Waals surface area contributed by atoms with Gasteiger partial charge in [0.15, 0.2) is 0 Å². The Hall–Kier alpha value is -0.0300. The highest BCUT2D eigenvalue weighted by Crippen LogP contribution is 2.35. The van der Waals surface area contributed by atoms with E-state index >= 15 is 0 Å². The van der Waals surface area contributed by atoms with Gasteiger partial charge < -0.3 is 5.73 Å². The molecule has 4 heteroatoms. The molecule has 2 rings (SSSR count). The molecule has 0 spiro atoms. The fourth-order valence-corrected chi connectivity index (χ4v) is 5.13. The van der Waals surface area contributed by atoms with Gasteiger partial charge in [0.05, 0.1) is 6.04 Å².